The molecule has 1 aliphatic carbocycles. The molecule has 0 amide bonds. The Kier molecular flexibility index (Phi) is 7.96. The summed E-state index contributed by atoms with van der Waals surface area (Å²) in [5, 5.41) is 2.84. The fraction of sp³-hybridized carbons (Fsp3) is 0.0370. The number of rotatable bonds is 6. The Balaban J connectivity index is 0.00000370. The van der Waals surface area contributed by atoms with Crippen LogP contribution in [0.25, 0.3) is 0 Å². The third-order valence-electron chi connectivity index (χ3n) is 6.12. The second-order valence-corrected chi connectivity index (χ2v) is 11.6. The van der Waals surface area contributed by atoms with E-state index in [0.717, 1.165) is 11.6 Å². The number of carbonyl (C=O) groups is 2. The molecule has 40 heavy (non-hydrogen) atoms. The first-order valence-electron chi connectivity index (χ1n) is 11.4. The van der Waals surface area contributed by atoms with Crippen LogP contribution in [0.4, 0.5) is 17.1 Å². The van der Waals surface area contributed by atoms with Crippen molar-refractivity contribution in [1.82, 2.24) is 0 Å². The molecule has 4 aromatic carbocycles. The van der Waals surface area contributed by atoms with Crippen molar-refractivity contribution >= 4 is 48.9 Å². The molecule has 198 valence electrons. The van der Waals surface area contributed by atoms with Crippen LogP contribution in [0.5, 0.6) is 5.75 Å². The summed E-state index contributed by atoms with van der Waals surface area (Å²) in [7, 11) is -9.22. The zero-order valence-corrected chi connectivity index (χ0v) is 24.8. The first-order valence-corrected chi connectivity index (χ1v) is 14.2. The number of fused-ring (bicyclic) bond motifs is 2. The quantitative estimate of drug-likeness (QED) is 0.125. The van der Waals surface area contributed by atoms with Crippen LogP contribution in [0.2, 0.25) is 0 Å². The molecule has 0 aliphatic heterocycles. The maximum Gasteiger partial charge on any atom is 1.00 e. The van der Waals surface area contributed by atoms with Crippen LogP contribution < -0.4 is 44.8 Å². The van der Waals surface area contributed by atoms with E-state index in [1.165, 1.54) is 48.5 Å². The van der Waals surface area contributed by atoms with Crippen molar-refractivity contribution in [3.8, 4) is 5.75 Å². The Labute approximate surface area is 252 Å². The van der Waals surface area contributed by atoms with Gasteiger partial charge >= 0.3 is 39.7 Å². The number of nitrogens with one attached hydrogen (secondary N) is 1. The van der Waals surface area contributed by atoms with Gasteiger partial charge in [-0.15, -0.1) is 0 Å². The molecule has 0 atom stereocenters. The van der Waals surface area contributed by atoms with Gasteiger partial charge in [0.2, 0.25) is 0 Å². The largest absolute Gasteiger partial charge is 1.00 e. The number of hydrogen-bond acceptors (Lipinski definition) is 10. The number of nitrogen functional groups attached to an aromatic ring is 1. The number of benzene rings is 4. The number of aryl methyl sites for hydroxylation is 1. The molecule has 3 N–H and O–H groups in total. The van der Waals surface area contributed by atoms with E-state index in [2.05, 4.69) is 5.32 Å². The molecule has 1 aliphatic rings. The van der Waals surface area contributed by atoms with Crippen molar-refractivity contribution in [1.29, 1.82) is 0 Å². The third kappa shape index (κ3) is 5.42. The van der Waals surface area contributed by atoms with Crippen molar-refractivity contribution in [3.05, 3.63) is 107 Å². The molecule has 0 heterocycles. The molecule has 0 saturated carbocycles. The van der Waals surface area contributed by atoms with E-state index in [1.54, 1.807) is 24.3 Å². The predicted octanol–water partition coefficient (Wildman–Crippen LogP) is 0.772. The maximum absolute atomic E-state index is 13.4. The summed E-state index contributed by atoms with van der Waals surface area (Å²) < 4.78 is 66.2. The average molecular weight is 587 g/mol. The standard InChI is InChI=1S/C27H20N2O8S2.Na/c1-15-6-12-18(13-7-15)39(35,36)37-17-10-8-16(9-11-17)29-21-14-22(38(32,33)34)25(28)24-23(21)26(30)19-4-2-3-5-20(19)27(24)31;/h2-14,29H,28H2,1H3,(H,32,33,34);/q;+1/p-1. The Morgan fingerprint density at radius 2 is 1.35 bits per heavy atom. The van der Waals surface area contributed by atoms with E-state index in [1.807, 2.05) is 6.92 Å². The van der Waals surface area contributed by atoms with Crippen molar-refractivity contribution in [2.24, 2.45) is 0 Å². The minimum atomic E-state index is -5.12. The molecule has 5 rings (SSSR count). The van der Waals surface area contributed by atoms with Gasteiger partial charge in [-0.2, -0.15) is 8.42 Å². The predicted molar refractivity (Wildman–Crippen MR) is 141 cm³/mol. The maximum atomic E-state index is 13.4. The van der Waals surface area contributed by atoms with Crippen LogP contribution in [0, 0.1) is 6.92 Å². The molecule has 0 radical (unpaired) electrons. The monoisotopic (exact) mass is 586 g/mol. The van der Waals surface area contributed by atoms with Gasteiger partial charge in [0.05, 0.1) is 27.4 Å². The first kappa shape index (κ1) is 29.5. The topological polar surface area (TPSA) is 173 Å². The van der Waals surface area contributed by atoms with Gasteiger partial charge in [-0.3, -0.25) is 9.59 Å². The summed E-state index contributed by atoms with van der Waals surface area (Å²) in [6.45, 7) is 1.82. The SMILES string of the molecule is Cc1ccc(S(=O)(=O)Oc2ccc(Nc3cc(S(=O)(=O)[O-])c(N)c4c3C(=O)c3ccccc3C4=O)cc2)cc1.[Na+]. The summed E-state index contributed by atoms with van der Waals surface area (Å²) in [6, 6.07) is 18.5. The number of anilines is 3. The van der Waals surface area contributed by atoms with Crippen molar-refractivity contribution in [3.63, 3.8) is 0 Å². The second-order valence-electron chi connectivity index (χ2n) is 8.74. The van der Waals surface area contributed by atoms with E-state index < -0.39 is 42.4 Å². The Morgan fingerprint density at radius 3 is 1.90 bits per heavy atom. The Hall–Kier alpha value is -3.52. The summed E-state index contributed by atoms with van der Waals surface area (Å²) in [5.41, 5.74) is 5.91. The summed E-state index contributed by atoms with van der Waals surface area (Å²) in [5.74, 6) is -1.30. The van der Waals surface area contributed by atoms with Crippen molar-refractivity contribution < 1.29 is 64.7 Å². The molecule has 0 fully saturated rings. The van der Waals surface area contributed by atoms with Crippen LogP contribution in [0.3, 0.4) is 0 Å². The van der Waals surface area contributed by atoms with Crippen LogP contribution in [-0.4, -0.2) is 33.0 Å². The number of ketones is 2. The molecule has 0 unspecified atom stereocenters. The van der Waals surface area contributed by atoms with Gasteiger partial charge < -0.3 is 19.8 Å². The van der Waals surface area contributed by atoms with Crippen LogP contribution >= 0.6 is 0 Å². The minimum Gasteiger partial charge on any atom is -0.744 e. The van der Waals surface area contributed by atoms with Crippen LogP contribution in [0.1, 0.15) is 37.4 Å². The number of hydrogen-bond donors (Lipinski definition) is 2. The molecule has 0 saturated heterocycles. The minimum absolute atomic E-state index is 0. The molecule has 0 spiro atoms. The number of carbonyl (C=O) groups excluding carboxylic acids is 2. The van der Waals surface area contributed by atoms with E-state index >= 15 is 0 Å². The van der Waals surface area contributed by atoms with Crippen LogP contribution in [0.15, 0.2) is 88.7 Å². The Morgan fingerprint density at radius 1 is 0.800 bits per heavy atom. The molecular weight excluding hydrogens is 567 g/mol. The van der Waals surface area contributed by atoms with E-state index in [4.69, 9.17) is 9.92 Å². The van der Waals surface area contributed by atoms with Gasteiger partial charge in [-0.25, -0.2) is 8.42 Å². The summed E-state index contributed by atoms with van der Waals surface area (Å²) in [6.07, 6.45) is 0. The van der Waals surface area contributed by atoms with E-state index in [0.29, 0.717) is 0 Å². The van der Waals surface area contributed by atoms with Gasteiger partial charge in [0, 0.05) is 16.8 Å². The Bertz CT molecular complexity index is 1890. The molecular formula is C27H19N2NaO8S2. The second kappa shape index (κ2) is 10.8. The van der Waals surface area contributed by atoms with Gasteiger partial charge in [0.15, 0.2) is 11.6 Å². The van der Waals surface area contributed by atoms with Crippen molar-refractivity contribution in [2.45, 2.75) is 16.7 Å². The molecule has 13 heteroatoms. The molecule has 0 bridgehead atoms. The normalized spacial score (nSPS) is 12.7. The smallest absolute Gasteiger partial charge is 0.744 e. The molecule has 4 aromatic rings. The average Bonchev–Trinajstić information content (AvgIpc) is 2.88. The summed E-state index contributed by atoms with van der Waals surface area (Å²) in [4.78, 5) is 25.7. The van der Waals surface area contributed by atoms with Gasteiger partial charge in [-0.1, -0.05) is 42.0 Å². The molecule has 10 nitrogen and oxygen atoms in total. The van der Waals surface area contributed by atoms with Crippen molar-refractivity contribution in [2.75, 3.05) is 11.1 Å². The molecule has 0 aromatic heterocycles. The number of nitrogens with two attached hydrogens (primary N) is 1. The van der Waals surface area contributed by atoms with E-state index in [9.17, 15) is 31.0 Å². The van der Waals surface area contributed by atoms with Gasteiger partial charge in [0.1, 0.15) is 20.8 Å². The fourth-order valence-corrected chi connectivity index (χ4v) is 5.79. The van der Waals surface area contributed by atoms with Crippen LogP contribution in [-0.2, 0) is 20.2 Å². The van der Waals surface area contributed by atoms with Gasteiger partial charge in [-0.05, 0) is 49.4 Å². The summed E-state index contributed by atoms with van der Waals surface area (Å²) >= 11 is 0. The van der Waals surface area contributed by atoms with Gasteiger partial charge in [0.25, 0.3) is 0 Å². The first-order chi connectivity index (χ1) is 18.4. The third-order valence-corrected chi connectivity index (χ3v) is 8.26. The zero-order valence-electron chi connectivity index (χ0n) is 21.2. The fourth-order valence-electron chi connectivity index (χ4n) is 4.23. The van der Waals surface area contributed by atoms with E-state index in [-0.39, 0.29) is 73.8 Å². The zero-order chi connectivity index (χ0) is 28.1.